The average Bonchev–Trinajstić information content (AvgIpc) is 3.46. The highest BCUT2D eigenvalue weighted by Gasteiger charge is 2.37. The maximum absolute atomic E-state index is 12.5. The molecule has 1 saturated heterocycles. The molecule has 30 heavy (non-hydrogen) atoms. The van der Waals surface area contributed by atoms with Crippen molar-refractivity contribution >= 4 is 5.91 Å². The number of nitrogens with zero attached hydrogens (tertiary/aromatic N) is 5. The van der Waals surface area contributed by atoms with E-state index >= 15 is 0 Å². The first-order valence-corrected chi connectivity index (χ1v) is 10.7. The van der Waals surface area contributed by atoms with Gasteiger partial charge in [-0.05, 0) is 50.3 Å². The third-order valence-electron chi connectivity index (χ3n) is 6.16. The standard InChI is InChI=1S/C23H29N5O2/c1-15-10-19(12-22-26-25-21(30-22)6-7-24)17(3)20(11-15)14-27-8-9-28(16(2)13-27)23(29)18-4-5-18/h10-11,16,18H,4-6,8-9,12-14H2,1-3H3/t16-/m0/s1. The molecule has 0 unspecified atom stereocenters. The first-order valence-electron chi connectivity index (χ1n) is 10.7. The number of piperazine rings is 1. The van der Waals surface area contributed by atoms with Gasteiger partial charge in [0.05, 0.1) is 12.5 Å². The van der Waals surface area contributed by atoms with E-state index in [0.717, 1.165) is 39.0 Å². The first-order chi connectivity index (χ1) is 14.4. The average molecular weight is 408 g/mol. The molecule has 1 aromatic heterocycles. The Morgan fingerprint density at radius 3 is 2.63 bits per heavy atom. The zero-order valence-corrected chi connectivity index (χ0v) is 18.0. The Balaban J connectivity index is 1.44. The van der Waals surface area contributed by atoms with Gasteiger partial charge in [-0.1, -0.05) is 17.7 Å². The number of amides is 1. The van der Waals surface area contributed by atoms with Crippen molar-refractivity contribution in [2.24, 2.45) is 5.92 Å². The van der Waals surface area contributed by atoms with Crippen molar-refractivity contribution in [3.63, 3.8) is 0 Å². The zero-order chi connectivity index (χ0) is 21.3. The van der Waals surface area contributed by atoms with Crippen molar-refractivity contribution in [2.45, 2.75) is 59.0 Å². The van der Waals surface area contributed by atoms with Crippen LogP contribution in [0.1, 0.15) is 53.8 Å². The molecule has 1 aromatic carbocycles. The Bertz CT molecular complexity index is 972. The molecule has 158 valence electrons. The van der Waals surface area contributed by atoms with Gasteiger partial charge in [-0.15, -0.1) is 10.2 Å². The summed E-state index contributed by atoms with van der Waals surface area (Å²) in [5.41, 5.74) is 4.92. The number of rotatable bonds is 6. The Morgan fingerprint density at radius 2 is 1.93 bits per heavy atom. The molecule has 1 atom stereocenters. The van der Waals surface area contributed by atoms with Gasteiger partial charge in [0.2, 0.25) is 17.7 Å². The molecule has 0 spiro atoms. The van der Waals surface area contributed by atoms with E-state index < -0.39 is 0 Å². The van der Waals surface area contributed by atoms with E-state index in [1.807, 2.05) is 6.07 Å². The molecular formula is C23H29N5O2. The summed E-state index contributed by atoms with van der Waals surface area (Å²) in [5.74, 6) is 1.55. The normalized spacial score (nSPS) is 19.7. The lowest BCUT2D eigenvalue weighted by Crippen LogP contribution is -2.54. The van der Waals surface area contributed by atoms with Gasteiger partial charge < -0.3 is 9.32 Å². The number of carbonyl (C=O) groups is 1. The monoisotopic (exact) mass is 407 g/mol. The largest absolute Gasteiger partial charge is 0.424 e. The Morgan fingerprint density at radius 1 is 1.20 bits per heavy atom. The fraction of sp³-hybridized carbons (Fsp3) is 0.565. The maximum Gasteiger partial charge on any atom is 0.230 e. The van der Waals surface area contributed by atoms with Crippen LogP contribution in [0.3, 0.4) is 0 Å². The second kappa shape index (κ2) is 8.57. The van der Waals surface area contributed by atoms with Gasteiger partial charge in [0.1, 0.15) is 6.42 Å². The number of nitriles is 1. The van der Waals surface area contributed by atoms with Crippen molar-refractivity contribution in [1.82, 2.24) is 20.0 Å². The lowest BCUT2D eigenvalue weighted by molar-refractivity contribution is -0.137. The summed E-state index contributed by atoms with van der Waals surface area (Å²) in [6, 6.07) is 6.71. The van der Waals surface area contributed by atoms with Crippen molar-refractivity contribution in [3.05, 3.63) is 46.2 Å². The van der Waals surface area contributed by atoms with Crippen molar-refractivity contribution in [3.8, 4) is 6.07 Å². The van der Waals surface area contributed by atoms with Gasteiger partial charge in [-0.3, -0.25) is 9.69 Å². The molecule has 1 saturated carbocycles. The Kier molecular flexibility index (Phi) is 5.87. The molecule has 2 aliphatic rings. The van der Waals surface area contributed by atoms with E-state index in [1.165, 1.54) is 22.3 Å². The third-order valence-corrected chi connectivity index (χ3v) is 6.16. The zero-order valence-electron chi connectivity index (χ0n) is 18.0. The van der Waals surface area contributed by atoms with E-state index in [-0.39, 0.29) is 12.5 Å². The van der Waals surface area contributed by atoms with Gasteiger partial charge in [-0.25, -0.2) is 0 Å². The molecule has 2 fully saturated rings. The number of carbonyl (C=O) groups excluding carboxylic acids is 1. The predicted molar refractivity (Wildman–Crippen MR) is 112 cm³/mol. The minimum Gasteiger partial charge on any atom is -0.424 e. The van der Waals surface area contributed by atoms with Gasteiger partial charge in [0.15, 0.2) is 0 Å². The van der Waals surface area contributed by atoms with E-state index in [9.17, 15) is 4.79 Å². The molecule has 0 N–H and O–H groups in total. The quantitative estimate of drug-likeness (QED) is 0.732. The lowest BCUT2D eigenvalue weighted by atomic mass is 9.96. The minimum atomic E-state index is 0.137. The first kappa shape index (κ1) is 20.5. The van der Waals surface area contributed by atoms with Crippen molar-refractivity contribution < 1.29 is 9.21 Å². The van der Waals surface area contributed by atoms with Crippen molar-refractivity contribution in [2.75, 3.05) is 19.6 Å². The second-order valence-electron chi connectivity index (χ2n) is 8.70. The van der Waals surface area contributed by atoms with Gasteiger partial charge in [-0.2, -0.15) is 5.26 Å². The fourth-order valence-electron chi connectivity index (χ4n) is 4.33. The summed E-state index contributed by atoms with van der Waals surface area (Å²) in [6.45, 7) is 9.92. The summed E-state index contributed by atoms with van der Waals surface area (Å²) < 4.78 is 5.59. The summed E-state index contributed by atoms with van der Waals surface area (Å²) >= 11 is 0. The highest BCUT2D eigenvalue weighted by atomic mass is 16.4. The predicted octanol–water partition coefficient (Wildman–Crippen LogP) is 2.79. The second-order valence-corrected chi connectivity index (χ2v) is 8.70. The summed E-state index contributed by atoms with van der Waals surface area (Å²) in [6.07, 6.45) is 2.83. The Labute approximate surface area is 177 Å². The minimum absolute atomic E-state index is 0.137. The summed E-state index contributed by atoms with van der Waals surface area (Å²) in [7, 11) is 0. The molecule has 0 radical (unpaired) electrons. The van der Waals surface area contributed by atoms with Crippen LogP contribution >= 0.6 is 0 Å². The number of aryl methyl sites for hydroxylation is 1. The molecule has 1 amide bonds. The molecule has 1 aliphatic heterocycles. The number of benzene rings is 1. The van der Waals surface area contributed by atoms with Crippen LogP contribution in [0.2, 0.25) is 0 Å². The van der Waals surface area contributed by atoms with Crippen LogP contribution in [0.4, 0.5) is 0 Å². The van der Waals surface area contributed by atoms with Crippen LogP contribution in [-0.4, -0.2) is 51.6 Å². The topological polar surface area (TPSA) is 86.3 Å². The lowest BCUT2D eigenvalue weighted by Gasteiger charge is -2.40. The molecule has 4 rings (SSSR count). The summed E-state index contributed by atoms with van der Waals surface area (Å²) in [4.78, 5) is 17.0. The molecule has 0 bridgehead atoms. The third kappa shape index (κ3) is 4.54. The number of hydrogen-bond donors (Lipinski definition) is 0. The van der Waals surface area contributed by atoms with E-state index in [2.05, 4.69) is 52.9 Å². The molecular weight excluding hydrogens is 378 g/mol. The maximum atomic E-state index is 12.5. The van der Waals surface area contributed by atoms with Crippen LogP contribution in [0.5, 0.6) is 0 Å². The van der Waals surface area contributed by atoms with Crippen molar-refractivity contribution in [1.29, 1.82) is 5.26 Å². The summed E-state index contributed by atoms with van der Waals surface area (Å²) in [5, 5.41) is 16.8. The van der Waals surface area contributed by atoms with E-state index in [4.69, 9.17) is 9.68 Å². The highest BCUT2D eigenvalue weighted by Crippen LogP contribution is 2.32. The Hall–Kier alpha value is -2.72. The SMILES string of the molecule is Cc1cc(Cc2nnc(CC#N)o2)c(C)c(CN2CCN(C(=O)C3CC3)[C@@H](C)C2)c1. The van der Waals surface area contributed by atoms with E-state index in [1.54, 1.807) is 0 Å². The molecule has 7 nitrogen and oxygen atoms in total. The van der Waals surface area contributed by atoms with Crippen LogP contribution in [0.25, 0.3) is 0 Å². The highest BCUT2D eigenvalue weighted by molar-refractivity contribution is 5.81. The van der Waals surface area contributed by atoms with Gasteiger partial charge >= 0.3 is 0 Å². The molecule has 2 heterocycles. The van der Waals surface area contributed by atoms with Crippen LogP contribution in [0.15, 0.2) is 16.5 Å². The fourth-order valence-corrected chi connectivity index (χ4v) is 4.33. The molecule has 1 aliphatic carbocycles. The number of aromatic nitrogens is 2. The van der Waals surface area contributed by atoms with Crippen LogP contribution in [0, 0.1) is 31.1 Å². The molecule has 7 heteroatoms. The molecule has 2 aromatic rings. The van der Waals surface area contributed by atoms with Gasteiger partial charge in [0, 0.05) is 38.1 Å². The van der Waals surface area contributed by atoms with Gasteiger partial charge in [0.25, 0.3) is 0 Å². The van der Waals surface area contributed by atoms with Crippen LogP contribution in [-0.2, 0) is 24.2 Å². The van der Waals surface area contributed by atoms with E-state index in [0.29, 0.717) is 30.0 Å². The number of hydrogen-bond acceptors (Lipinski definition) is 6. The smallest absolute Gasteiger partial charge is 0.230 e. The van der Waals surface area contributed by atoms with Crippen LogP contribution < -0.4 is 0 Å².